The van der Waals surface area contributed by atoms with Gasteiger partial charge < -0.3 is 9.88 Å². The van der Waals surface area contributed by atoms with E-state index in [1.54, 1.807) is 12.1 Å². The van der Waals surface area contributed by atoms with Crippen molar-refractivity contribution in [1.29, 1.82) is 0 Å². The van der Waals surface area contributed by atoms with Crippen LogP contribution in [-0.2, 0) is 18.4 Å². The largest absolute Gasteiger partial charge is 0.351 e. The predicted molar refractivity (Wildman–Crippen MR) is 105 cm³/mol. The summed E-state index contributed by atoms with van der Waals surface area (Å²) in [7, 11) is 1.93. The maximum atomic E-state index is 12.9. The van der Waals surface area contributed by atoms with Crippen molar-refractivity contribution in [2.75, 3.05) is 5.75 Å². The molecule has 3 rings (SSSR count). The van der Waals surface area contributed by atoms with Crippen molar-refractivity contribution in [2.24, 2.45) is 7.05 Å². The third-order valence-corrected chi connectivity index (χ3v) is 5.39. The van der Waals surface area contributed by atoms with Crippen LogP contribution in [0.25, 0.3) is 11.3 Å². The van der Waals surface area contributed by atoms with Gasteiger partial charge in [0.2, 0.25) is 5.91 Å². The molecule has 1 N–H and O–H groups in total. The quantitative estimate of drug-likeness (QED) is 0.586. The molecule has 1 amide bonds. The molecule has 0 spiro atoms. The molecule has 0 aliphatic heterocycles. The van der Waals surface area contributed by atoms with Gasteiger partial charge in [0.1, 0.15) is 5.82 Å². The number of carbonyl (C=O) groups is 1. The number of nitrogens with one attached hydrogen (secondary N) is 1. The lowest BCUT2D eigenvalue weighted by molar-refractivity contribution is -0.118. The zero-order valence-corrected chi connectivity index (χ0v) is 16.5. The van der Waals surface area contributed by atoms with Crippen molar-refractivity contribution < 1.29 is 9.18 Å². The first-order valence-electron chi connectivity index (χ1n) is 7.94. The third kappa shape index (κ3) is 4.74. The molecular weight excluding hydrogens is 417 g/mol. The zero-order chi connectivity index (χ0) is 18.5. The Labute approximate surface area is 164 Å². The molecule has 2 aromatic carbocycles. The number of benzene rings is 2. The molecule has 7 heteroatoms. The summed E-state index contributed by atoms with van der Waals surface area (Å²) in [6.07, 6.45) is 1.81. The van der Waals surface area contributed by atoms with Crippen LogP contribution in [-0.4, -0.2) is 21.2 Å². The zero-order valence-electron chi connectivity index (χ0n) is 14.1. The summed E-state index contributed by atoms with van der Waals surface area (Å²) < 4.78 is 15.9. The first kappa shape index (κ1) is 18.7. The molecule has 3 aromatic rings. The van der Waals surface area contributed by atoms with Gasteiger partial charge in [-0.1, -0.05) is 52.0 Å². The van der Waals surface area contributed by atoms with Gasteiger partial charge in [-0.05, 0) is 35.4 Å². The molecule has 26 heavy (non-hydrogen) atoms. The lowest BCUT2D eigenvalue weighted by Crippen LogP contribution is -2.24. The van der Waals surface area contributed by atoms with Gasteiger partial charge in [-0.15, -0.1) is 0 Å². The van der Waals surface area contributed by atoms with Crippen molar-refractivity contribution in [3.8, 4) is 11.3 Å². The van der Waals surface area contributed by atoms with Crippen LogP contribution in [0, 0.1) is 5.82 Å². The summed E-state index contributed by atoms with van der Waals surface area (Å²) in [6, 6.07) is 14.1. The number of thioether (sulfide) groups is 1. The maximum Gasteiger partial charge on any atom is 0.230 e. The summed E-state index contributed by atoms with van der Waals surface area (Å²) in [5, 5.41) is 3.61. The monoisotopic (exact) mass is 433 g/mol. The summed E-state index contributed by atoms with van der Waals surface area (Å²) in [4.78, 5) is 16.4. The SMILES string of the molecule is Cn1c(-c2ccc(Br)cc2)cnc1SCC(=O)NCc1ccc(F)cc1. The lowest BCUT2D eigenvalue weighted by atomic mass is 10.2. The van der Waals surface area contributed by atoms with Gasteiger partial charge in [-0.25, -0.2) is 9.37 Å². The molecule has 0 radical (unpaired) electrons. The van der Waals surface area contributed by atoms with Gasteiger partial charge in [0.25, 0.3) is 0 Å². The average Bonchev–Trinajstić information content (AvgIpc) is 3.01. The number of halogens is 2. The minimum Gasteiger partial charge on any atom is -0.351 e. The first-order valence-corrected chi connectivity index (χ1v) is 9.72. The summed E-state index contributed by atoms with van der Waals surface area (Å²) in [5.41, 5.74) is 2.92. The highest BCUT2D eigenvalue weighted by molar-refractivity contribution is 9.10. The molecule has 0 fully saturated rings. The highest BCUT2D eigenvalue weighted by atomic mass is 79.9. The number of rotatable bonds is 6. The van der Waals surface area contributed by atoms with Gasteiger partial charge >= 0.3 is 0 Å². The van der Waals surface area contributed by atoms with E-state index in [0.717, 1.165) is 26.4 Å². The molecule has 0 unspecified atom stereocenters. The normalized spacial score (nSPS) is 10.7. The van der Waals surface area contributed by atoms with E-state index >= 15 is 0 Å². The molecular formula is C19H17BrFN3OS. The number of amides is 1. The van der Waals surface area contributed by atoms with Crippen LogP contribution in [0.15, 0.2) is 64.4 Å². The van der Waals surface area contributed by atoms with Crippen molar-refractivity contribution in [1.82, 2.24) is 14.9 Å². The Morgan fingerprint density at radius 1 is 1.19 bits per heavy atom. The fourth-order valence-corrected chi connectivity index (χ4v) is 3.45. The van der Waals surface area contributed by atoms with E-state index < -0.39 is 0 Å². The summed E-state index contributed by atoms with van der Waals surface area (Å²) in [6.45, 7) is 0.379. The maximum absolute atomic E-state index is 12.9. The van der Waals surface area contributed by atoms with Crippen molar-refractivity contribution in [3.63, 3.8) is 0 Å². The molecule has 0 saturated heterocycles. The number of aromatic nitrogens is 2. The molecule has 4 nitrogen and oxygen atoms in total. The smallest absolute Gasteiger partial charge is 0.230 e. The minimum absolute atomic E-state index is 0.0903. The number of hydrogen-bond donors (Lipinski definition) is 1. The van der Waals surface area contributed by atoms with Crippen LogP contribution in [0.2, 0.25) is 0 Å². The Morgan fingerprint density at radius 3 is 2.58 bits per heavy atom. The van der Waals surface area contributed by atoms with Gasteiger partial charge in [-0.3, -0.25) is 4.79 Å². The second kappa shape index (κ2) is 8.51. The van der Waals surface area contributed by atoms with E-state index in [1.165, 1.54) is 23.9 Å². The molecule has 1 aromatic heterocycles. The van der Waals surface area contributed by atoms with Gasteiger partial charge in [0, 0.05) is 18.1 Å². The molecule has 0 atom stereocenters. The third-order valence-electron chi connectivity index (χ3n) is 3.82. The van der Waals surface area contributed by atoms with Crippen LogP contribution in [0.1, 0.15) is 5.56 Å². The molecule has 134 valence electrons. The van der Waals surface area contributed by atoms with E-state index in [1.807, 2.05) is 42.1 Å². The summed E-state index contributed by atoms with van der Waals surface area (Å²) in [5.74, 6) is -0.106. The molecule has 0 bridgehead atoms. The van der Waals surface area contributed by atoms with Crippen molar-refractivity contribution in [3.05, 3.63) is 70.6 Å². The van der Waals surface area contributed by atoms with Crippen LogP contribution >= 0.6 is 27.7 Å². The Kier molecular flexibility index (Phi) is 6.11. The van der Waals surface area contributed by atoms with Crippen molar-refractivity contribution >= 4 is 33.6 Å². The van der Waals surface area contributed by atoms with Gasteiger partial charge in [0.15, 0.2) is 5.16 Å². The molecule has 0 saturated carbocycles. The van der Waals surface area contributed by atoms with Gasteiger partial charge in [0.05, 0.1) is 17.6 Å². The van der Waals surface area contributed by atoms with E-state index in [9.17, 15) is 9.18 Å². The molecule has 0 aliphatic rings. The number of imidazole rings is 1. The van der Waals surface area contributed by atoms with Crippen LogP contribution in [0.3, 0.4) is 0 Å². The average molecular weight is 434 g/mol. The van der Waals surface area contributed by atoms with Crippen LogP contribution in [0.4, 0.5) is 4.39 Å². The number of nitrogens with zero attached hydrogens (tertiary/aromatic N) is 2. The second-order valence-electron chi connectivity index (χ2n) is 5.68. The number of carbonyl (C=O) groups excluding carboxylic acids is 1. The predicted octanol–water partition coefficient (Wildman–Crippen LogP) is 4.40. The standard InChI is InChI=1S/C19H17BrFN3OS/c1-24-17(14-4-6-15(20)7-5-14)11-23-19(24)26-12-18(25)22-10-13-2-8-16(21)9-3-13/h2-9,11H,10,12H2,1H3,(H,22,25). The summed E-state index contributed by atoms with van der Waals surface area (Å²) >= 11 is 4.81. The minimum atomic E-state index is -0.285. The van der Waals surface area contributed by atoms with Crippen LogP contribution in [0.5, 0.6) is 0 Å². The lowest BCUT2D eigenvalue weighted by Gasteiger charge is -2.07. The Bertz CT molecular complexity index is 894. The van der Waals surface area contributed by atoms with Gasteiger partial charge in [-0.2, -0.15) is 0 Å². The van der Waals surface area contributed by atoms with Crippen LogP contribution < -0.4 is 5.32 Å². The Balaban J connectivity index is 1.55. The molecule has 0 aliphatic carbocycles. The van der Waals surface area contributed by atoms with E-state index in [2.05, 4.69) is 26.2 Å². The molecule has 1 heterocycles. The Morgan fingerprint density at radius 2 is 1.88 bits per heavy atom. The van der Waals surface area contributed by atoms with E-state index in [-0.39, 0.29) is 17.5 Å². The fourth-order valence-electron chi connectivity index (χ4n) is 2.40. The first-order chi connectivity index (χ1) is 12.5. The van der Waals surface area contributed by atoms with E-state index in [0.29, 0.717) is 6.54 Å². The fraction of sp³-hybridized carbons (Fsp3) is 0.158. The van der Waals surface area contributed by atoms with Crippen molar-refractivity contribution in [2.45, 2.75) is 11.7 Å². The number of hydrogen-bond acceptors (Lipinski definition) is 3. The second-order valence-corrected chi connectivity index (χ2v) is 7.54. The Hall–Kier alpha value is -2.12. The van der Waals surface area contributed by atoms with E-state index in [4.69, 9.17) is 0 Å². The topological polar surface area (TPSA) is 46.9 Å². The highest BCUT2D eigenvalue weighted by Gasteiger charge is 2.11. The highest BCUT2D eigenvalue weighted by Crippen LogP contribution is 2.25.